The number of amides is 2. The zero-order chi connectivity index (χ0) is 17.3. The summed E-state index contributed by atoms with van der Waals surface area (Å²) in [4.78, 5) is 38.1. The van der Waals surface area contributed by atoms with E-state index in [4.69, 9.17) is 4.74 Å². The summed E-state index contributed by atoms with van der Waals surface area (Å²) >= 11 is 3.40. The molecule has 2 atom stereocenters. The van der Waals surface area contributed by atoms with E-state index in [0.717, 1.165) is 4.47 Å². The lowest BCUT2D eigenvalue weighted by atomic mass is 9.97. The van der Waals surface area contributed by atoms with E-state index in [1.807, 2.05) is 18.2 Å². The Hall–Kier alpha value is -1.93. The second-order valence-electron chi connectivity index (χ2n) is 5.96. The van der Waals surface area contributed by atoms with Gasteiger partial charge in [-0.2, -0.15) is 0 Å². The van der Waals surface area contributed by atoms with Crippen LogP contribution in [-0.2, 0) is 19.1 Å². The van der Waals surface area contributed by atoms with Crippen LogP contribution in [0.1, 0.15) is 12.8 Å². The summed E-state index contributed by atoms with van der Waals surface area (Å²) < 4.78 is 5.89. The van der Waals surface area contributed by atoms with Crippen LogP contribution < -0.4 is 10.2 Å². The fraction of sp³-hybridized carbons (Fsp3) is 0.438. The van der Waals surface area contributed by atoms with Crippen LogP contribution in [-0.4, -0.2) is 48.2 Å². The Morgan fingerprint density at radius 2 is 2.12 bits per heavy atom. The topological polar surface area (TPSA) is 95.9 Å². The van der Waals surface area contributed by atoms with Gasteiger partial charge in [0.15, 0.2) is 5.54 Å². The average Bonchev–Trinajstić information content (AvgIpc) is 3.16. The highest BCUT2D eigenvalue weighted by Crippen LogP contribution is 2.32. The van der Waals surface area contributed by atoms with E-state index in [9.17, 15) is 19.5 Å². The number of benzene rings is 1. The van der Waals surface area contributed by atoms with Gasteiger partial charge in [0.05, 0.1) is 12.3 Å². The van der Waals surface area contributed by atoms with Crippen molar-refractivity contribution in [1.82, 2.24) is 5.32 Å². The summed E-state index contributed by atoms with van der Waals surface area (Å²) in [5.74, 6) is -2.89. The molecule has 128 valence electrons. The van der Waals surface area contributed by atoms with Crippen LogP contribution in [0.2, 0.25) is 0 Å². The van der Waals surface area contributed by atoms with Crippen LogP contribution in [0.15, 0.2) is 28.7 Å². The van der Waals surface area contributed by atoms with Crippen LogP contribution in [0.25, 0.3) is 0 Å². The number of rotatable bonds is 4. The van der Waals surface area contributed by atoms with Gasteiger partial charge in [-0.05, 0) is 34.5 Å². The Bertz CT molecular complexity index is 687. The number of hydrogen-bond donors (Lipinski definition) is 2. The largest absolute Gasteiger partial charge is 0.479 e. The lowest BCUT2D eigenvalue weighted by Crippen LogP contribution is -2.57. The van der Waals surface area contributed by atoms with Crippen LogP contribution in [0, 0.1) is 5.92 Å². The number of para-hydroxylation sites is 1. The minimum Gasteiger partial charge on any atom is -0.479 e. The second kappa shape index (κ2) is 6.52. The number of carboxylic acid groups (broad SMARTS) is 1. The lowest BCUT2D eigenvalue weighted by molar-refractivity contribution is -0.149. The van der Waals surface area contributed by atoms with Gasteiger partial charge in [-0.1, -0.05) is 12.1 Å². The first-order valence-corrected chi connectivity index (χ1v) is 8.43. The third-order valence-corrected chi connectivity index (χ3v) is 5.13. The van der Waals surface area contributed by atoms with Crippen molar-refractivity contribution in [3.05, 3.63) is 28.7 Å². The molecule has 2 aliphatic rings. The molecule has 3 rings (SSSR count). The van der Waals surface area contributed by atoms with Crippen LogP contribution in [0.4, 0.5) is 5.69 Å². The monoisotopic (exact) mass is 396 g/mol. The quantitative estimate of drug-likeness (QED) is 0.744. The molecule has 0 aromatic heterocycles. The van der Waals surface area contributed by atoms with Gasteiger partial charge < -0.3 is 20.1 Å². The molecule has 2 fully saturated rings. The number of carboxylic acids is 1. The van der Waals surface area contributed by atoms with Crippen molar-refractivity contribution in [2.45, 2.75) is 18.4 Å². The Kier molecular flexibility index (Phi) is 4.60. The van der Waals surface area contributed by atoms with Gasteiger partial charge in [-0.3, -0.25) is 9.59 Å². The zero-order valence-electron chi connectivity index (χ0n) is 12.8. The lowest BCUT2D eigenvalue weighted by Gasteiger charge is -2.25. The van der Waals surface area contributed by atoms with E-state index in [-0.39, 0.29) is 25.5 Å². The molecule has 2 unspecified atom stereocenters. The number of ether oxygens (including phenoxy) is 1. The molecule has 24 heavy (non-hydrogen) atoms. The second-order valence-corrected chi connectivity index (χ2v) is 6.82. The SMILES string of the molecule is O=C(NC1(C(=O)O)CCOC1)C1CCN(c2ccccc2Br)C1=O. The number of hydrogen-bond acceptors (Lipinski definition) is 4. The first kappa shape index (κ1) is 16.9. The molecule has 2 saturated heterocycles. The molecule has 0 saturated carbocycles. The predicted molar refractivity (Wildman–Crippen MR) is 88.5 cm³/mol. The van der Waals surface area contributed by atoms with E-state index in [2.05, 4.69) is 21.2 Å². The molecule has 0 spiro atoms. The maximum absolute atomic E-state index is 12.6. The summed E-state index contributed by atoms with van der Waals surface area (Å²) in [6, 6.07) is 7.28. The molecule has 7 nitrogen and oxygen atoms in total. The Morgan fingerprint density at radius 1 is 1.38 bits per heavy atom. The van der Waals surface area contributed by atoms with E-state index in [1.165, 1.54) is 0 Å². The molecule has 1 aromatic rings. The summed E-state index contributed by atoms with van der Waals surface area (Å²) in [5.41, 5.74) is -0.729. The molecule has 2 heterocycles. The molecule has 2 amide bonds. The number of nitrogens with one attached hydrogen (secondary N) is 1. The summed E-state index contributed by atoms with van der Waals surface area (Å²) in [7, 11) is 0. The number of halogens is 1. The number of nitrogens with zero attached hydrogens (tertiary/aromatic N) is 1. The molecule has 8 heteroatoms. The molecule has 2 N–H and O–H groups in total. The van der Waals surface area contributed by atoms with E-state index < -0.39 is 23.3 Å². The smallest absolute Gasteiger partial charge is 0.331 e. The summed E-state index contributed by atoms with van der Waals surface area (Å²) in [6.07, 6.45) is 0.547. The van der Waals surface area contributed by atoms with Crippen LogP contribution >= 0.6 is 15.9 Å². The third-order valence-electron chi connectivity index (χ3n) is 4.46. The van der Waals surface area contributed by atoms with Gasteiger partial charge in [0.25, 0.3) is 0 Å². The van der Waals surface area contributed by atoms with E-state index >= 15 is 0 Å². The number of carbonyl (C=O) groups is 3. The molecule has 1 aromatic carbocycles. The molecule has 0 aliphatic carbocycles. The standard InChI is InChI=1S/C16H17BrN2O5/c17-11-3-1-2-4-12(11)19-7-5-10(14(19)21)13(20)18-16(15(22)23)6-8-24-9-16/h1-4,10H,5-9H2,(H,18,20)(H,22,23). The normalized spacial score (nSPS) is 26.6. The minimum atomic E-state index is -1.43. The van der Waals surface area contributed by atoms with Crippen molar-refractivity contribution < 1.29 is 24.2 Å². The van der Waals surface area contributed by atoms with E-state index in [1.54, 1.807) is 11.0 Å². The maximum atomic E-state index is 12.6. The number of anilines is 1. The Morgan fingerprint density at radius 3 is 2.75 bits per heavy atom. The van der Waals surface area contributed by atoms with Gasteiger partial charge in [-0.25, -0.2) is 4.79 Å². The number of carbonyl (C=O) groups excluding carboxylic acids is 2. The van der Waals surface area contributed by atoms with Crippen molar-refractivity contribution in [2.24, 2.45) is 5.92 Å². The number of aliphatic carboxylic acids is 1. The van der Waals surface area contributed by atoms with Crippen molar-refractivity contribution in [3.8, 4) is 0 Å². The highest BCUT2D eigenvalue weighted by Gasteiger charge is 2.47. The van der Waals surface area contributed by atoms with Crippen molar-refractivity contribution in [3.63, 3.8) is 0 Å². The third kappa shape index (κ3) is 2.91. The van der Waals surface area contributed by atoms with Crippen LogP contribution in [0.5, 0.6) is 0 Å². The predicted octanol–water partition coefficient (Wildman–Crippen LogP) is 1.16. The van der Waals surface area contributed by atoms with Crippen LogP contribution in [0.3, 0.4) is 0 Å². The van der Waals surface area contributed by atoms with Gasteiger partial charge in [-0.15, -0.1) is 0 Å². The van der Waals surface area contributed by atoms with Gasteiger partial charge in [0, 0.05) is 24.0 Å². The van der Waals surface area contributed by atoms with Gasteiger partial charge >= 0.3 is 5.97 Å². The minimum absolute atomic E-state index is 0.0804. The highest BCUT2D eigenvalue weighted by molar-refractivity contribution is 9.10. The average molecular weight is 397 g/mol. The molecule has 0 bridgehead atoms. The molecule has 0 radical (unpaired) electrons. The first-order chi connectivity index (χ1) is 11.4. The Labute approximate surface area is 147 Å². The van der Waals surface area contributed by atoms with Gasteiger partial charge in [0.2, 0.25) is 11.8 Å². The summed E-state index contributed by atoms with van der Waals surface area (Å²) in [6.45, 7) is 0.604. The maximum Gasteiger partial charge on any atom is 0.331 e. The Balaban J connectivity index is 1.74. The van der Waals surface area contributed by atoms with Crippen molar-refractivity contribution in [1.29, 1.82) is 0 Å². The van der Waals surface area contributed by atoms with Gasteiger partial charge in [0.1, 0.15) is 5.92 Å². The summed E-state index contributed by atoms with van der Waals surface area (Å²) in [5, 5.41) is 11.9. The fourth-order valence-electron chi connectivity index (χ4n) is 3.04. The molecular formula is C16H17BrN2O5. The first-order valence-electron chi connectivity index (χ1n) is 7.64. The molecular weight excluding hydrogens is 380 g/mol. The highest BCUT2D eigenvalue weighted by atomic mass is 79.9. The fourth-order valence-corrected chi connectivity index (χ4v) is 3.54. The van der Waals surface area contributed by atoms with Crippen molar-refractivity contribution in [2.75, 3.05) is 24.7 Å². The van der Waals surface area contributed by atoms with Crippen molar-refractivity contribution >= 4 is 39.4 Å². The zero-order valence-corrected chi connectivity index (χ0v) is 14.4. The molecule has 2 aliphatic heterocycles. The van der Waals surface area contributed by atoms with E-state index in [0.29, 0.717) is 18.7 Å².